The van der Waals surface area contributed by atoms with Gasteiger partial charge in [0.15, 0.2) is 0 Å². The van der Waals surface area contributed by atoms with Crippen molar-refractivity contribution in [1.29, 1.82) is 0 Å². The van der Waals surface area contributed by atoms with Crippen molar-refractivity contribution >= 4 is 23.2 Å². The normalized spacial score (nSPS) is 12.9. The number of anilines is 1. The summed E-state index contributed by atoms with van der Waals surface area (Å²) in [6, 6.07) is 4.70. The number of ether oxygens (including phenoxy) is 1. The molecule has 0 aliphatic carbocycles. The summed E-state index contributed by atoms with van der Waals surface area (Å²) in [5, 5.41) is 25.9. The van der Waals surface area contributed by atoms with Crippen LogP contribution >= 0.6 is 11.6 Å². The van der Waals surface area contributed by atoms with E-state index in [2.05, 4.69) is 15.6 Å². The van der Waals surface area contributed by atoms with E-state index in [9.17, 15) is 15.0 Å². The highest BCUT2D eigenvalue weighted by atomic mass is 35.5. The Labute approximate surface area is 188 Å². The van der Waals surface area contributed by atoms with Gasteiger partial charge in [-0.1, -0.05) is 25.4 Å². The summed E-state index contributed by atoms with van der Waals surface area (Å²) in [5.41, 5.74) is 3.02. The molecule has 0 saturated carbocycles. The van der Waals surface area contributed by atoms with Crippen molar-refractivity contribution in [2.75, 3.05) is 18.5 Å². The first-order valence-electron chi connectivity index (χ1n) is 10.5. The maximum Gasteiger partial charge on any atom is 0.259 e. The molecule has 0 saturated heterocycles. The first-order valence-corrected chi connectivity index (χ1v) is 10.9. The lowest BCUT2D eigenvalue weighted by atomic mass is 10.1. The Hall–Kier alpha value is -2.35. The van der Waals surface area contributed by atoms with E-state index in [1.54, 1.807) is 18.2 Å². The van der Waals surface area contributed by atoms with E-state index in [0.29, 0.717) is 35.0 Å². The number of carbonyl (C=O) groups excluding carboxylic acids is 1. The SMILES string of the molecule is CCC(CO)NC(=O)c1c(NC(CC)CO)cc(C)nc1Oc1c(C)cc(Cl)cc1C. The molecule has 0 bridgehead atoms. The van der Waals surface area contributed by atoms with Gasteiger partial charge in [0.25, 0.3) is 5.91 Å². The minimum atomic E-state index is -0.414. The molecule has 0 spiro atoms. The van der Waals surface area contributed by atoms with Gasteiger partial charge in [0.1, 0.15) is 11.3 Å². The molecule has 0 aliphatic heterocycles. The summed E-state index contributed by atoms with van der Waals surface area (Å²) in [5.74, 6) is 0.308. The molecular weight excluding hydrogens is 418 g/mol. The van der Waals surface area contributed by atoms with Crippen molar-refractivity contribution in [1.82, 2.24) is 10.3 Å². The summed E-state index contributed by atoms with van der Waals surface area (Å²) in [6.45, 7) is 9.12. The number of aromatic nitrogens is 1. The Morgan fingerprint density at radius 1 is 1.06 bits per heavy atom. The van der Waals surface area contributed by atoms with Gasteiger partial charge in [0.05, 0.1) is 24.9 Å². The zero-order valence-electron chi connectivity index (χ0n) is 18.8. The molecule has 8 heteroatoms. The largest absolute Gasteiger partial charge is 0.438 e. The van der Waals surface area contributed by atoms with Crippen LogP contribution < -0.4 is 15.4 Å². The molecule has 2 unspecified atom stereocenters. The maximum absolute atomic E-state index is 13.2. The third kappa shape index (κ3) is 6.32. The van der Waals surface area contributed by atoms with E-state index in [-0.39, 0.29) is 30.7 Å². The van der Waals surface area contributed by atoms with Crippen LogP contribution in [-0.4, -0.2) is 46.4 Å². The molecule has 1 aromatic carbocycles. The van der Waals surface area contributed by atoms with Gasteiger partial charge in [-0.25, -0.2) is 4.98 Å². The van der Waals surface area contributed by atoms with E-state index in [4.69, 9.17) is 16.3 Å². The number of amides is 1. The summed E-state index contributed by atoms with van der Waals surface area (Å²) < 4.78 is 6.17. The maximum atomic E-state index is 13.2. The molecule has 1 heterocycles. The fourth-order valence-corrected chi connectivity index (χ4v) is 3.57. The van der Waals surface area contributed by atoms with Gasteiger partial charge in [0.2, 0.25) is 5.88 Å². The number of halogens is 1. The minimum Gasteiger partial charge on any atom is -0.438 e. The van der Waals surface area contributed by atoms with E-state index in [1.807, 2.05) is 34.6 Å². The van der Waals surface area contributed by atoms with Crippen LogP contribution in [0.25, 0.3) is 0 Å². The topological polar surface area (TPSA) is 104 Å². The van der Waals surface area contributed by atoms with Crippen LogP contribution in [0.4, 0.5) is 5.69 Å². The molecule has 7 nitrogen and oxygen atoms in total. The fourth-order valence-electron chi connectivity index (χ4n) is 3.24. The van der Waals surface area contributed by atoms with Gasteiger partial charge in [-0.3, -0.25) is 4.79 Å². The third-order valence-corrected chi connectivity index (χ3v) is 5.30. The van der Waals surface area contributed by atoms with E-state index < -0.39 is 11.9 Å². The smallest absolute Gasteiger partial charge is 0.259 e. The van der Waals surface area contributed by atoms with Gasteiger partial charge in [-0.15, -0.1) is 0 Å². The van der Waals surface area contributed by atoms with E-state index in [0.717, 1.165) is 11.1 Å². The van der Waals surface area contributed by atoms with E-state index >= 15 is 0 Å². The van der Waals surface area contributed by atoms with E-state index in [1.165, 1.54) is 0 Å². The summed E-state index contributed by atoms with van der Waals surface area (Å²) in [4.78, 5) is 17.7. The Kier molecular flexibility index (Phi) is 9.10. The Bertz CT molecular complexity index is 889. The van der Waals surface area contributed by atoms with Crippen LogP contribution in [-0.2, 0) is 0 Å². The lowest BCUT2D eigenvalue weighted by Gasteiger charge is -2.22. The van der Waals surface area contributed by atoms with Crippen molar-refractivity contribution in [3.8, 4) is 11.6 Å². The summed E-state index contributed by atoms with van der Waals surface area (Å²) >= 11 is 6.14. The lowest BCUT2D eigenvalue weighted by molar-refractivity contribution is 0.0912. The van der Waals surface area contributed by atoms with Gasteiger partial charge in [-0.05, 0) is 62.9 Å². The van der Waals surface area contributed by atoms with Crippen LogP contribution in [0, 0.1) is 20.8 Å². The number of aliphatic hydroxyl groups is 2. The number of aliphatic hydroxyl groups excluding tert-OH is 2. The first kappa shape index (κ1) is 24.9. The highest BCUT2D eigenvalue weighted by Gasteiger charge is 2.25. The van der Waals surface area contributed by atoms with Crippen molar-refractivity contribution in [3.05, 3.63) is 45.6 Å². The number of nitrogens with zero attached hydrogens (tertiary/aromatic N) is 1. The number of carbonyl (C=O) groups is 1. The molecule has 1 amide bonds. The van der Waals surface area contributed by atoms with Crippen LogP contribution in [0.1, 0.15) is 53.9 Å². The quantitative estimate of drug-likeness (QED) is 0.434. The Morgan fingerprint density at radius 2 is 1.65 bits per heavy atom. The summed E-state index contributed by atoms with van der Waals surface area (Å²) in [6.07, 6.45) is 1.24. The molecule has 2 aromatic rings. The zero-order valence-corrected chi connectivity index (χ0v) is 19.5. The number of benzene rings is 1. The molecule has 0 fully saturated rings. The van der Waals surface area contributed by atoms with Crippen molar-refractivity contribution in [2.24, 2.45) is 0 Å². The van der Waals surface area contributed by atoms with Crippen LogP contribution in [0.15, 0.2) is 18.2 Å². The molecule has 0 aliphatic rings. The average Bonchev–Trinajstić information content (AvgIpc) is 2.72. The predicted molar refractivity (Wildman–Crippen MR) is 123 cm³/mol. The Morgan fingerprint density at radius 3 is 2.16 bits per heavy atom. The van der Waals surface area contributed by atoms with Gasteiger partial charge >= 0.3 is 0 Å². The second kappa shape index (κ2) is 11.3. The van der Waals surface area contributed by atoms with Crippen LogP contribution in [0.2, 0.25) is 5.02 Å². The number of rotatable bonds is 10. The highest BCUT2D eigenvalue weighted by molar-refractivity contribution is 6.30. The number of hydrogen-bond acceptors (Lipinski definition) is 6. The van der Waals surface area contributed by atoms with Crippen molar-refractivity contribution in [2.45, 2.75) is 59.5 Å². The summed E-state index contributed by atoms with van der Waals surface area (Å²) in [7, 11) is 0. The molecule has 2 atom stereocenters. The molecular formula is C23H32ClN3O4. The standard InChI is InChI=1S/C23H32ClN3O4/c1-6-17(11-28)26-19-10-15(5)25-23(20(19)22(30)27-18(7-2)12-29)31-21-13(3)8-16(24)9-14(21)4/h8-10,17-18,28-29H,6-7,11-12H2,1-5H3,(H,25,26)(H,27,30). The second-order valence-corrected chi connectivity index (χ2v) is 8.09. The molecule has 2 rings (SSSR count). The van der Waals surface area contributed by atoms with Crippen molar-refractivity contribution < 1.29 is 19.7 Å². The molecule has 0 radical (unpaired) electrons. The van der Waals surface area contributed by atoms with Crippen LogP contribution in [0.5, 0.6) is 11.6 Å². The molecule has 4 N–H and O–H groups in total. The van der Waals surface area contributed by atoms with Gasteiger partial charge < -0.3 is 25.6 Å². The predicted octanol–water partition coefficient (Wildman–Crippen LogP) is 4.14. The number of nitrogens with one attached hydrogen (secondary N) is 2. The number of aryl methyl sites for hydroxylation is 3. The molecule has 170 valence electrons. The van der Waals surface area contributed by atoms with Crippen LogP contribution in [0.3, 0.4) is 0 Å². The number of pyridine rings is 1. The third-order valence-electron chi connectivity index (χ3n) is 5.09. The molecule has 1 aromatic heterocycles. The average molecular weight is 450 g/mol. The first-order chi connectivity index (χ1) is 14.7. The fraction of sp³-hybridized carbons (Fsp3) is 0.478. The monoisotopic (exact) mass is 449 g/mol. The Balaban J connectivity index is 2.60. The highest BCUT2D eigenvalue weighted by Crippen LogP contribution is 2.35. The lowest BCUT2D eigenvalue weighted by Crippen LogP contribution is -2.38. The number of hydrogen-bond donors (Lipinski definition) is 4. The van der Waals surface area contributed by atoms with Gasteiger partial charge in [-0.2, -0.15) is 0 Å². The molecule has 31 heavy (non-hydrogen) atoms. The zero-order chi connectivity index (χ0) is 23.1. The van der Waals surface area contributed by atoms with Gasteiger partial charge in [0, 0.05) is 16.8 Å². The van der Waals surface area contributed by atoms with Crippen molar-refractivity contribution in [3.63, 3.8) is 0 Å². The minimum absolute atomic E-state index is 0.0846. The second-order valence-electron chi connectivity index (χ2n) is 7.66.